The smallest absolute Gasteiger partial charge is 0.348 e. The van der Waals surface area contributed by atoms with Crippen LogP contribution in [0.5, 0.6) is 0 Å². The second-order valence-corrected chi connectivity index (χ2v) is 4.53. The fourth-order valence-corrected chi connectivity index (χ4v) is 1.78. The monoisotopic (exact) mass is 267 g/mol. The summed E-state index contributed by atoms with van der Waals surface area (Å²) in [5.74, 6) is -3.06. The van der Waals surface area contributed by atoms with E-state index in [4.69, 9.17) is 10.5 Å². The lowest BCUT2D eigenvalue weighted by atomic mass is 9.93. The molecule has 19 heavy (non-hydrogen) atoms. The molecule has 1 aromatic carbocycles. The van der Waals surface area contributed by atoms with Crippen LogP contribution in [-0.4, -0.2) is 33.9 Å². The maximum atomic E-state index is 11.4. The van der Waals surface area contributed by atoms with E-state index in [1.807, 2.05) is 0 Å². The van der Waals surface area contributed by atoms with Crippen molar-refractivity contribution >= 4 is 17.6 Å². The van der Waals surface area contributed by atoms with E-state index in [2.05, 4.69) is 0 Å². The van der Waals surface area contributed by atoms with Gasteiger partial charge in [-0.3, -0.25) is 0 Å². The number of hydrogen-bond donors (Lipinski definition) is 3. The van der Waals surface area contributed by atoms with Crippen LogP contribution in [0.2, 0.25) is 0 Å². The molecule has 0 spiro atoms. The summed E-state index contributed by atoms with van der Waals surface area (Å²) in [6.45, 7) is 3.17. The van der Waals surface area contributed by atoms with Crippen molar-refractivity contribution in [3.63, 3.8) is 0 Å². The fraction of sp³-hybridized carbons (Fsp3) is 0.385. The van der Waals surface area contributed by atoms with E-state index in [1.165, 1.54) is 6.07 Å². The van der Waals surface area contributed by atoms with Crippen LogP contribution in [0.3, 0.4) is 0 Å². The molecular weight excluding hydrogens is 250 g/mol. The number of rotatable bonds is 6. The van der Waals surface area contributed by atoms with Crippen LogP contribution >= 0.6 is 0 Å². The van der Waals surface area contributed by atoms with E-state index in [1.54, 1.807) is 32.0 Å². The van der Waals surface area contributed by atoms with E-state index in [0.29, 0.717) is 11.3 Å². The van der Waals surface area contributed by atoms with Crippen molar-refractivity contribution in [3.8, 4) is 0 Å². The lowest BCUT2D eigenvalue weighted by Gasteiger charge is -2.27. The van der Waals surface area contributed by atoms with Gasteiger partial charge in [0.05, 0.1) is 6.10 Å². The average Bonchev–Trinajstić information content (AvgIpc) is 2.26. The number of anilines is 1. The highest BCUT2D eigenvalue weighted by molar-refractivity contribution is 6.02. The SMILES string of the molecule is CC(C)OC(Cc1cccc(N)c1)(C(=O)O)C(=O)O. The van der Waals surface area contributed by atoms with Gasteiger partial charge in [-0.2, -0.15) is 0 Å². The zero-order valence-electron chi connectivity index (χ0n) is 10.8. The molecule has 0 atom stereocenters. The lowest BCUT2D eigenvalue weighted by molar-refractivity contribution is -0.188. The molecule has 0 radical (unpaired) electrons. The summed E-state index contributed by atoms with van der Waals surface area (Å²) in [5, 5.41) is 18.5. The van der Waals surface area contributed by atoms with Gasteiger partial charge in [-0.1, -0.05) is 12.1 Å². The second-order valence-electron chi connectivity index (χ2n) is 4.53. The van der Waals surface area contributed by atoms with Crippen molar-refractivity contribution in [1.29, 1.82) is 0 Å². The highest BCUT2D eigenvalue weighted by Crippen LogP contribution is 2.22. The molecule has 0 unspecified atom stereocenters. The summed E-state index contributed by atoms with van der Waals surface area (Å²) in [6.07, 6.45) is -0.825. The summed E-state index contributed by atoms with van der Waals surface area (Å²) in [4.78, 5) is 22.7. The van der Waals surface area contributed by atoms with Gasteiger partial charge in [-0.25, -0.2) is 9.59 Å². The molecule has 0 bridgehead atoms. The Morgan fingerprint density at radius 3 is 2.32 bits per heavy atom. The number of nitrogens with two attached hydrogens (primary N) is 1. The molecule has 0 heterocycles. The summed E-state index contributed by atoms with van der Waals surface area (Å²) in [7, 11) is 0. The molecule has 0 amide bonds. The van der Waals surface area contributed by atoms with Crippen LogP contribution in [0.25, 0.3) is 0 Å². The van der Waals surface area contributed by atoms with Crippen LogP contribution in [0.1, 0.15) is 19.4 Å². The predicted octanol–water partition coefficient (Wildman–Crippen LogP) is 1.14. The van der Waals surface area contributed by atoms with Gasteiger partial charge < -0.3 is 20.7 Å². The van der Waals surface area contributed by atoms with Crippen LogP contribution < -0.4 is 5.73 Å². The Morgan fingerprint density at radius 2 is 1.89 bits per heavy atom. The van der Waals surface area contributed by atoms with E-state index >= 15 is 0 Å². The number of nitrogen functional groups attached to an aromatic ring is 1. The average molecular weight is 267 g/mol. The van der Waals surface area contributed by atoms with Crippen molar-refractivity contribution in [2.45, 2.75) is 32.0 Å². The van der Waals surface area contributed by atoms with Gasteiger partial charge in [0.25, 0.3) is 5.60 Å². The van der Waals surface area contributed by atoms with Gasteiger partial charge in [-0.05, 0) is 31.5 Å². The molecule has 0 aliphatic rings. The summed E-state index contributed by atoms with van der Waals surface area (Å²) in [5.41, 5.74) is 4.22. The third-order valence-electron chi connectivity index (χ3n) is 2.53. The number of hydrogen-bond acceptors (Lipinski definition) is 4. The minimum absolute atomic E-state index is 0.291. The number of benzene rings is 1. The standard InChI is InChI=1S/C13H17NO5/c1-8(2)19-13(11(15)16,12(17)18)7-9-4-3-5-10(14)6-9/h3-6,8H,7,14H2,1-2H3,(H,15,16)(H,17,18). The largest absolute Gasteiger partial charge is 0.479 e. The number of carbonyl (C=O) groups is 2. The molecule has 1 rings (SSSR count). The van der Waals surface area contributed by atoms with E-state index in [0.717, 1.165) is 0 Å². The molecule has 0 aliphatic carbocycles. The Kier molecular flexibility index (Phi) is 4.50. The highest BCUT2D eigenvalue weighted by atomic mass is 16.6. The minimum atomic E-state index is -2.30. The Balaban J connectivity index is 3.16. The Hall–Kier alpha value is -2.08. The van der Waals surface area contributed by atoms with Crippen LogP contribution in [0.15, 0.2) is 24.3 Å². The van der Waals surface area contributed by atoms with E-state index in [-0.39, 0.29) is 6.42 Å². The molecule has 0 saturated heterocycles. The van der Waals surface area contributed by atoms with Crippen molar-refractivity contribution in [1.82, 2.24) is 0 Å². The van der Waals surface area contributed by atoms with Gasteiger partial charge in [0, 0.05) is 12.1 Å². The number of carboxylic acids is 2. The maximum absolute atomic E-state index is 11.4. The first-order chi connectivity index (χ1) is 8.78. The molecule has 104 valence electrons. The van der Waals surface area contributed by atoms with Gasteiger partial charge in [0.1, 0.15) is 0 Å². The quantitative estimate of drug-likeness (QED) is 0.526. The zero-order valence-corrected chi connectivity index (χ0v) is 10.8. The second kappa shape index (κ2) is 5.71. The molecule has 0 saturated carbocycles. The molecule has 6 heteroatoms. The van der Waals surface area contributed by atoms with Gasteiger partial charge >= 0.3 is 11.9 Å². The molecule has 1 aromatic rings. The Bertz CT molecular complexity index is 470. The van der Waals surface area contributed by atoms with Crippen molar-refractivity contribution in [2.75, 3.05) is 5.73 Å². The predicted molar refractivity (Wildman–Crippen MR) is 68.8 cm³/mol. The Morgan fingerprint density at radius 1 is 1.32 bits per heavy atom. The highest BCUT2D eigenvalue weighted by Gasteiger charge is 2.49. The first-order valence-corrected chi connectivity index (χ1v) is 5.77. The summed E-state index contributed by atoms with van der Waals surface area (Å²) >= 11 is 0. The molecule has 0 aromatic heterocycles. The van der Waals surface area contributed by atoms with Crippen molar-refractivity contribution < 1.29 is 24.5 Å². The number of ether oxygens (including phenoxy) is 1. The third-order valence-corrected chi connectivity index (χ3v) is 2.53. The third kappa shape index (κ3) is 3.45. The van der Waals surface area contributed by atoms with Crippen molar-refractivity contribution in [2.24, 2.45) is 0 Å². The molecule has 0 fully saturated rings. The fourth-order valence-electron chi connectivity index (χ4n) is 1.78. The van der Waals surface area contributed by atoms with Gasteiger partial charge in [0.2, 0.25) is 0 Å². The molecule has 6 nitrogen and oxygen atoms in total. The number of aliphatic carboxylic acids is 2. The van der Waals surface area contributed by atoms with Gasteiger partial charge in [-0.15, -0.1) is 0 Å². The number of carboxylic acid groups (broad SMARTS) is 2. The van der Waals surface area contributed by atoms with Crippen LogP contribution in [0, 0.1) is 0 Å². The lowest BCUT2D eigenvalue weighted by Crippen LogP contribution is -2.52. The normalized spacial score (nSPS) is 11.5. The molecule has 4 N–H and O–H groups in total. The topological polar surface area (TPSA) is 110 Å². The van der Waals surface area contributed by atoms with Gasteiger partial charge in [0.15, 0.2) is 0 Å². The molecular formula is C13H17NO5. The Labute approximate surface area is 110 Å². The summed E-state index contributed by atoms with van der Waals surface area (Å²) in [6, 6.07) is 6.41. The van der Waals surface area contributed by atoms with Crippen LogP contribution in [0.4, 0.5) is 5.69 Å². The minimum Gasteiger partial charge on any atom is -0.479 e. The summed E-state index contributed by atoms with van der Waals surface area (Å²) < 4.78 is 5.16. The zero-order chi connectivity index (χ0) is 14.6. The van der Waals surface area contributed by atoms with E-state index in [9.17, 15) is 19.8 Å². The van der Waals surface area contributed by atoms with Crippen molar-refractivity contribution in [3.05, 3.63) is 29.8 Å². The maximum Gasteiger partial charge on any atom is 0.348 e. The first kappa shape index (κ1) is 15.0. The van der Waals surface area contributed by atoms with Crippen LogP contribution in [-0.2, 0) is 20.7 Å². The molecule has 0 aliphatic heterocycles. The first-order valence-electron chi connectivity index (χ1n) is 5.77. The van der Waals surface area contributed by atoms with E-state index < -0.39 is 23.6 Å².